The van der Waals surface area contributed by atoms with Crippen LogP contribution in [0.2, 0.25) is 0 Å². The van der Waals surface area contributed by atoms with E-state index < -0.39 is 0 Å². The van der Waals surface area contributed by atoms with Crippen LogP contribution in [0.4, 0.5) is 10.1 Å². The molecule has 0 saturated carbocycles. The summed E-state index contributed by atoms with van der Waals surface area (Å²) in [6.45, 7) is 0. The zero-order chi connectivity index (χ0) is 13.2. The summed E-state index contributed by atoms with van der Waals surface area (Å²) >= 11 is 0. The Balaban J connectivity index is 1.93. The molecular weight excluding hydrogens is 245 g/mol. The van der Waals surface area contributed by atoms with Gasteiger partial charge in [-0.05, 0) is 36.4 Å². The Hall–Kier alpha value is -2.56. The second-order valence-electron chi connectivity index (χ2n) is 4.15. The summed E-state index contributed by atoms with van der Waals surface area (Å²) < 4.78 is 12.9. The fourth-order valence-corrected chi connectivity index (χ4v) is 1.91. The molecule has 1 aliphatic rings. The number of amides is 1. The molecule has 2 heterocycles. The van der Waals surface area contributed by atoms with E-state index in [2.05, 4.69) is 10.1 Å². The van der Waals surface area contributed by atoms with Crippen LogP contribution in [0.1, 0.15) is 12.0 Å². The molecule has 1 aromatic carbocycles. The fraction of sp³-hybridized carbons (Fsp3) is 0.0714. The summed E-state index contributed by atoms with van der Waals surface area (Å²) in [6.07, 6.45) is 3.56. The number of hydrazone groups is 1. The van der Waals surface area contributed by atoms with Gasteiger partial charge in [-0.25, -0.2) is 9.40 Å². The SMILES string of the molecule is O=C1CC(c2cccnc2)=NN1c1ccc(F)cc1. The van der Waals surface area contributed by atoms with Crippen molar-refractivity contribution in [2.24, 2.45) is 5.10 Å². The molecule has 0 bridgehead atoms. The molecule has 0 unspecified atom stereocenters. The molecule has 0 saturated heterocycles. The summed E-state index contributed by atoms with van der Waals surface area (Å²) in [6, 6.07) is 9.32. The maximum atomic E-state index is 12.9. The predicted octanol–water partition coefficient (Wildman–Crippen LogP) is 2.36. The van der Waals surface area contributed by atoms with Gasteiger partial charge in [0.1, 0.15) is 5.82 Å². The number of carbonyl (C=O) groups excluding carboxylic acids is 1. The van der Waals surface area contributed by atoms with Crippen LogP contribution < -0.4 is 5.01 Å². The molecule has 19 heavy (non-hydrogen) atoms. The van der Waals surface area contributed by atoms with E-state index in [0.717, 1.165) is 5.56 Å². The Labute approximate surface area is 109 Å². The van der Waals surface area contributed by atoms with E-state index >= 15 is 0 Å². The number of rotatable bonds is 2. The van der Waals surface area contributed by atoms with Crippen molar-refractivity contribution >= 4 is 17.3 Å². The third-order valence-electron chi connectivity index (χ3n) is 2.84. The summed E-state index contributed by atoms with van der Waals surface area (Å²) in [5.41, 5.74) is 2.05. The average Bonchev–Trinajstić information content (AvgIpc) is 2.83. The van der Waals surface area contributed by atoms with Crippen molar-refractivity contribution in [3.05, 3.63) is 60.2 Å². The molecule has 2 aromatic rings. The molecule has 1 amide bonds. The third kappa shape index (κ3) is 2.22. The summed E-state index contributed by atoms with van der Waals surface area (Å²) in [5.74, 6) is -0.475. The van der Waals surface area contributed by atoms with Gasteiger partial charge in [0.05, 0.1) is 17.8 Å². The summed E-state index contributed by atoms with van der Waals surface area (Å²) in [5, 5.41) is 5.57. The van der Waals surface area contributed by atoms with Gasteiger partial charge in [0.2, 0.25) is 0 Å². The molecule has 5 heteroatoms. The van der Waals surface area contributed by atoms with E-state index in [4.69, 9.17) is 0 Å². The van der Waals surface area contributed by atoms with Gasteiger partial charge in [-0.1, -0.05) is 0 Å². The fourth-order valence-electron chi connectivity index (χ4n) is 1.91. The summed E-state index contributed by atoms with van der Waals surface area (Å²) in [4.78, 5) is 15.9. The van der Waals surface area contributed by atoms with Crippen LogP contribution >= 0.6 is 0 Å². The van der Waals surface area contributed by atoms with E-state index in [0.29, 0.717) is 11.4 Å². The van der Waals surface area contributed by atoms with Crippen molar-refractivity contribution in [1.29, 1.82) is 0 Å². The van der Waals surface area contributed by atoms with Crippen LogP contribution in [0, 0.1) is 5.82 Å². The first-order chi connectivity index (χ1) is 9.24. The van der Waals surface area contributed by atoms with Crippen molar-refractivity contribution in [2.45, 2.75) is 6.42 Å². The maximum Gasteiger partial charge on any atom is 0.253 e. The largest absolute Gasteiger partial charge is 0.272 e. The number of aromatic nitrogens is 1. The van der Waals surface area contributed by atoms with Gasteiger partial charge in [-0.15, -0.1) is 0 Å². The number of hydrogen-bond donors (Lipinski definition) is 0. The van der Waals surface area contributed by atoms with Crippen LogP contribution in [0.15, 0.2) is 53.9 Å². The van der Waals surface area contributed by atoms with Gasteiger partial charge >= 0.3 is 0 Å². The molecule has 4 nitrogen and oxygen atoms in total. The van der Waals surface area contributed by atoms with E-state index in [-0.39, 0.29) is 18.1 Å². The molecule has 0 atom stereocenters. The highest BCUT2D eigenvalue weighted by Crippen LogP contribution is 2.22. The first-order valence-electron chi connectivity index (χ1n) is 5.80. The van der Waals surface area contributed by atoms with Crippen molar-refractivity contribution in [2.75, 3.05) is 5.01 Å². The monoisotopic (exact) mass is 255 g/mol. The molecule has 1 aliphatic heterocycles. The first-order valence-corrected chi connectivity index (χ1v) is 5.80. The molecule has 0 spiro atoms. The van der Waals surface area contributed by atoms with Crippen LogP contribution in [-0.4, -0.2) is 16.6 Å². The van der Waals surface area contributed by atoms with Crippen molar-refractivity contribution in [3.63, 3.8) is 0 Å². The van der Waals surface area contributed by atoms with Gasteiger partial charge < -0.3 is 0 Å². The van der Waals surface area contributed by atoms with E-state index in [1.165, 1.54) is 29.3 Å². The van der Waals surface area contributed by atoms with Crippen molar-refractivity contribution < 1.29 is 9.18 Å². The van der Waals surface area contributed by atoms with Crippen LogP contribution in [0.25, 0.3) is 0 Å². The van der Waals surface area contributed by atoms with E-state index in [1.54, 1.807) is 18.5 Å². The Bertz CT molecular complexity index is 638. The molecule has 3 rings (SSSR count). The van der Waals surface area contributed by atoms with Gasteiger partial charge in [0.15, 0.2) is 0 Å². The number of carbonyl (C=O) groups is 1. The van der Waals surface area contributed by atoms with Gasteiger partial charge in [-0.3, -0.25) is 9.78 Å². The maximum absolute atomic E-state index is 12.9. The standard InChI is InChI=1S/C14H10FN3O/c15-11-3-5-12(6-4-11)18-14(19)8-13(17-18)10-2-1-7-16-9-10/h1-7,9H,8H2. The van der Waals surface area contributed by atoms with Gasteiger partial charge in [0, 0.05) is 18.0 Å². The number of benzene rings is 1. The topological polar surface area (TPSA) is 45.6 Å². The lowest BCUT2D eigenvalue weighted by Crippen LogP contribution is -2.19. The molecule has 0 N–H and O–H groups in total. The lowest BCUT2D eigenvalue weighted by Gasteiger charge is -2.10. The quantitative estimate of drug-likeness (QED) is 0.827. The number of nitrogens with zero attached hydrogens (tertiary/aromatic N) is 3. The lowest BCUT2D eigenvalue weighted by molar-refractivity contribution is -0.116. The molecule has 94 valence electrons. The van der Waals surface area contributed by atoms with Crippen molar-refractivity contribution in [1.82, 2.24) is 4.98 Å². The number of pyridine rings is 1. The molecule has 0 aliphatic carbocycles. The van der Waals surface area contributed by atoms with E-state index in [9.17, 15) is 9.18 Å². The predicted molar refractivity (Wildman–Crippen MR) is 69.3 cm³/mol. The average molecular weight is 255 g/mol. The van der Waals surface area contributed by atoms with Crippen molar-refractivity contribution in [3.8, 4) is 0 Å². The number of anilines is 1. The van der Waals surface area contributed by atoms with Gasteiger partial charge in [-0.2, -0.15) is 5.10 Å². The Kier molecular flexibility index (Phi) is 2.79. The van der Waals surface area contributed by atoms with Gasteiger partial charge in [0.25, 0.3) is 5.91 Å². The van der Waals surface area contributed by atoms with Crippen LogP contribution in [-0.2, 0) is 4.79 Å². The smallest absolute Gasteiger partial charge is 0.253 e. The highest BCUT2D eigenvalue weighted by molar-refractivity contribution is 6.19. The molecule has 1 aromatic heterocycles. The zero-order valence-electron chi connectivity index (χ0n) is 9.95. The first kappa shape index (κ1) is 11.5. The third-order valence-corrected chi connectivity index (χ3v) is 2.84. The number of hydrogen-bond acceptors (Lipinski definition) is 3. The minimum absolute atomic E-state index is 0.134. The normalized spacial score (nSPS) is 14.7. The van der Waals surface area contributed by atoms with Crippen LogP contribution in [0.3, 0.4) is 0 Å². The minimum Gasteiger partial charge on any atom is -0.272 e. The highest BCUT2D eigenvalue weighted by atomic mass is 19.1. The molecular formula is C14H10FN3O. The molecule has 0 fully saturated rings. The minimum atomic E-state index is -0.341. The van der Waals surface area contributed by atoms with E-state index in [1.807, 2.05) is 6.07 Å². The number of halogens is 1. The Morgan fingerprint density at radius 2 is 1.95 bits per heavy atom. The zero-order valence-corrected chi connectivity index (χ0v) is 9.95. The van der Waals surface area contributed by atoms with Crippen LogP contribution in [0.5, 0.6) is 0 Å². The lowest BCUT2D eigenvalue weighted by atomic mass is 10.1. The molecule has 0 radical (unpaired) electrons. The second-order valence-corrected chi connectivity index (χ2v) is 4.15. The Morgan fingerprint density at radius 1 is 1.16 bits per heavy atom. The summed E-state index contributed by atoms with van der Waals surface area (Å²) in [7, 11) is 0. The second kappa shape index (κ2) is 4.61. The Morgan fingerprint density at radius 3 is 2.63 bits per heavy atom. The highest BCUT2D eigenvalue weighted by Gasteiger charge is 2.26.